The van der Waals surface area contributed by atoms with Crippen LogP contribution < -0.4 is 5.32 Å². The Hall–Kier alpha value is -0.700. The number of Topliss-reactive ketones (excluding diaryl/α,β-unsaturated/α-hetero) is 1. The predicted octanol–water partition coefficient (Wildman–Crippen LogP) is 0.533. The van der Waals surface area contributed by atoms with Gasteiger partial charge in [-0.2, -0.15) is 0 Å². The molecule has 3 nitrogen and oxygen atoms in total. The van der Waals surface area contributed by atoms with Gasteiger partial charge in [-0.05, 0) is 19.4 Å². The van der Waals surface area contributed by atoms with Gasteiger partial charge in [0.1, 0.15) is 12.1 Å². The number of carbonyl (C=O) groups excluding carboxylic acids is 2. The number of hydrogen-bond donors (Lipinski definition) is 1. The van der Waals surface area contributed by atoms with Crippen molar-refractivity contribution >= 4 is 12.1 Å². The Kier molecular flexibility index (Phi) is 3.41. The molecule has 1 fully saturated rings. The molecule has 2 unspecified atom stereocenters. The van der Waals surface area contributed by atoms with E-state index in [4.69, 9.17) is 0 Å². The zero-order valence-corrected chi connectivity index (χ0v) is 7.38. The topological polar surface area (TPSA) is 46.2 Å². The van der Waals surface area contributed by atoms with Crippen molar-refractivity contribution in [3.05, 3.63) is 0 Å². The third kappa shape index (κ3) is 1.91. The lowest BCUT2D eigenvalue weighted by molar-refractivity contribution is -0.127. The fraction of sp³-hybridized carbons (Fsp3) is 0.778. The Labute approximate surface area is 72.5 Å². The highest BCUT2D eigenvalue weighted by atomic mass is 16.1. The van der Waals surface area contributed by atoms with Crippen LogP contribution in [0.3, 0.4) is 0 Å². The second kappa shape index (κ2) is 4.36. The van der Waals surface area contributed by atoms with Crippen molar-refractivity contribution in [2.24, 2.45) is 5.92 Å². The van der Waals surface area contributed by atoms with E-state index in [-0.39, 0.29) is 17.7 Å². The fourth-order valence-electron chi connectivity index (χ4n) is 1.68. The first-order chi connectivity index (χ1) is 5.79. The molecule has 0 aromatic heterocycles. The molecule has 0 aromatic carbocycles. The summed E-state index contributed by atoms with van der Waals surface area (Å²) in [4.78, 5) is 21.9. The molecule has 1 heterocycles. The maximum absolute atomic E-state index is 11.3. The van der Waals surface area contributed by atoms with Gasteiger partial charge in [0.05, 0.1) is 6.04 Å². The van der Waals surface area contributed by atoms with E-state index in [1.807, 2.05) is 6.92 Å². The molecule has 0 amide bonds. The van der Waals surface area contributed by atoms with Crippen molar-refractivity contribution in [3.8, 4) is 0 Å². The number of hydrogen-bond acceptors (Lipinski definition) is 3. The first kappa shape index (κ1) is 9.39. The Bertz CT molecular complexity index is 179. The average Bonchev–Trinajstić information content (AvgIpc) is 2.16. The molecule has 0 spiro atoms. The van der Waals surface area contributed by atoms with Gasteiger partial charge in [-0.25, -0.2) is 0 Å². The maximum atomic E-state index is 11.3. The van der Waals surface area contributed by atoms with Crippen LogP contribution in [0, 0.1) is 5.92 Å². The van der Waals surface area contributed by atoms with Crippen LogP contribution >= 0.6 is 0 Å². The van der Waals surface area contributed by atoms with E-state index in [0.717, 1.165) is 25.7 Å². The van der Waals surface area contributed by atoms with Crippen LogP contribution in [0.1, 0.15) is 26.2 Å². The number of aldehydes is 1. The Morgan fingerprint density at radius 1 is 1.67 bits per heavy atom. The highest BCUT2D eigenvalue weighted by molar-refractivity contribution is 5.84. The summed E-state index contributed by atoms with van der Waals surface area (Å²) >= 11 is 0. The largest absolute Gasteiger partial charge is 0.307 e. The van der Waals surface area contributed by atoms with Crippen molar-refractivity contribution in [2.75, 3.05) is 6.54 Å². The quantitative estimate of drug-likeness (QED) is 0.627. The molecular weight excluding hydrogens is 154 g/mol. The molecule has 3 heteroatoms. The second-order valence-corrected chi connectivity index (χ2v) is 3.18. The first-order valence-corrected chi connectivity index (χ1v) is 4.51. The number of nitrogens with one attached hydrogen (secondary N) is 1. The minimum Gasteiger partial charge on any atom is -0.307 e. The monoisotopic (exact) mass is 169 g/mol. The van der Waals surface area contributed by atoms with E-state index in [2.05, 4.69) is 5.32 Å². The van der Waals surface area contributed by atoms with Crippen LogP contribution in [0.2, 0.25) is 0 Å². The zero-order valence-electron chi connectivity index (χ0n) is 7.38. The molecule has 1 aliphatic rings. The summed E-state index contributed by atoms with van der Waals surface area (Å²) in [6.45, 7) is 2.70. The van der Waals surface area contributed by atoms with Crippen LogP contribution in [0.15, 0.2) is 0 Å². The van der Waals surface area contributed by atoms with E-state index >= 15 is 0 Å². The van der Waals surface area contributed by atoms with Gasteiger partial charge >= 0.3 is 0 Å². The van der Waals surface area contributed by atoms with Crippen molar-refractivity contribution in [1.29, 1.82) is 0 Å². The lowest BCUT2D eigenvalue weighted by Crippen LogP contribution is -2.45. The molecule has 1 rings (SSSR count). The van der Waals surface area contributed by atoms with Crippen LogP contribution in [0.5, 0.6) is 0 Å². The normalized spacial score (nSPS) is 29.8. The third-order valence-electron chi connectivity index (χ3n) is 2.41. The summed E-state index contributed by atoms with van der Waals surface area (Å²) in [5, 5.41) is 3.05. The average molecular weight is 169 g/mol. The molecule has 0 radical (unpaired) electrons. The van der Waals surface area contributed by atoms with Gasteiger partial charge in [0, 0.05) is 12.3 Å². The number of piperidine rings is 1. The molecule has 1 aliphatic heterocycles. The molecule has 0 bridgehead atoms. The lowest BCUT2D eigenvalue weighted by atomic mass is 9.87. The van der Waals surface area contributed by atoms with E-state index in [1.165, 1.54) is 0 Å². The highest BCUT2D eigenvalue weighted by Crippen LogP contribution is 2.17. The summed E-state index contributed by atoms with van der Waals surface area (Å²) < 4.78 is 0. The highest BCUT2D eigenvalue weighted by Gasteiger charge is 2.28. The van der Waals surface area contributed by atoms with Crippen molar-refractivity contribution in [1.82, 2.24) is 5.32 Å². The van der Waals surface area contributed by atoms with E-state index in [1.54, 1.807) is 0 Å². The predicted molar refractivity (Wildman–Crippen MR) is 45.9 cm³/mol. The fourth-order valence-corrected chi connectivity index (χ4v) is 1.68. The molecule has 0 saturated carbocycles. The van der Waals surface area contributed by atoms with E-state index < -0.39 is 0 Å². The third-order valence-corrected chi connectivity index (χ3v) is 2.41. The molecule has 2 atom stereocenters. The number of rotatable bonds is 3. The molecule has 1 N–H and O–H groups in total. The van der Waals surface area contributed by atoms with Gasteiger partial charge in [0.15, 0.2) is 0 Å². The molecule has 1 saturated heterocycles. The van der Waals surface area contributed by atoms with Gasteiger partial charge in [-0.3, -0.25) is 4.79 Å². The minimum absolute atomic E-state index is 0.0683. The SMILES string of the molecule is CCC(=O)C1CCCNC1C=O. The maximum Gasteiger partial charge on any atom is 0.137 e. The lowest BCUT2D eigenvalue weighted by Gasteiger charge is -2.27. The Balaban J connectivity index is 2.58. The Morgan fingerprint density at radius 2 is 2.42 bits per heavy atom. The molecule has 0 aliphatic carbocycles. The zero-order chi connectivity index (χ0) is 8.97. The van der Waals surface area contributed by atoms with Crippen LogP contribution in [-0.2, 0) is 9.59 Å². The minimum atomic E-state index is -0.230. The van der Waals surface area contributed by atoms with Crippen LogP contribution in [0.25, 0.3) is 0 Å². The van der Waals surface area contributed by atoms with Crippen molar-refractivity contribution in [2.45, 2.75) is 32.2 Å². The molecule has 68 valence electrons. The van der Waals surface area contributed by atoms with E-state index in [0.29, 0.717) is 6.42 Å². The second-order valence-electron chi connectivity index (χ2n) is 3.18. The van der Waals surface area contributed by atoms with Gasteiger partial charge in [0.25, 0.3) is 0 Å². The first-order valence-electron chi connectivity index (χ1n) is 4.51. The summed E-state index contributed by atoms with van der Waals surface area (Å²) in [7, 11) is 0. The summed E-state index contributed by atoms with van der Waals surface area (Å²) in [6, 6.07) is -0.230. The van der Waals surface area contributed by atoms with Gasteiger partial charge in [0.2, 0.25) is 0 Å². The van der Waals surface area contributed by atoms with Gasteiger partial charge < -0.3 is 10.1 Å². The van der Waals surface area contributed by atoms with Gasteiger partial charge in [-0.15, -0.1) is 0 Å². The van der Waals surface area contributed by atoms with Gasteiger partial charge in [-0.1, -0.05) is 6.92 Å². The smallest absolute Gasteiger partial charge is 0.137 e. The standard InChI is InChI=1S/C9H15NO2/c1-2-9(12)7-4-3-5-10-8(7)6-11/h6-8,10H,2-5H2,1H3. The number of ketones is 1. The Morgan fingerprint density at radius 3 is 3.00 bits per heavy atom. The molecule has 0 aromatic rings. The molecular formula is C9H15NO2. The number of carbonyl (C=O) groups is 2. The van der Waals surface area contributed by atoms with Crippen LogP contribution in [-0.4, -0.2) is 24.7 Å². The summed E-state index contributed by atoms with van der Waals surface area (Å²) in [5.41, 5.74) is 0. The van der Waals surface area contributed by atoms with E-state index in [9.17, 15) is 9.59 Å². The van der Waals surface area contributed by atoms with Crippen LogP contribution in [0.4, 0.5) is 0 Å². The van der Waals surface area contributed by atoms with Crippen molar-refractivity contribution < 1.29 is 9.59 Å². The molecule has 12 heavy (non-hydrogen) atoms. The summed E-state index contributed by atoms with van der Waals surface area (Å²) in [5.74, 6) is 0.139. The van der Waals surface area contributed by atoms with Crippen molar-refractivity contribution in [3.63, 3.8) is 0 Å². The summed E-state index contributed by atoms with van der Waals surface area (Å²) in [6.07, 6.45) is 3.26.